The summed E-state index contributed by atoms with van der Waals surface area (Å²) in [5, 5.41) is 2.67. The third-order valence-electron chi connectivity index (χ3n) is 3.04. The normalized spacial score (nSPS) is 23.8. The second kappa shape index (κ2) is 5.84. The van der Waals surface area contributed by atoms with E-state index in [0.29, 0.717) is 6.61 Å². The van der Waals surface area contributed by atoms with Gasteiger partial charge >= 0.3 is 0 Å². The zero-order chi connectivity index (χ0) is 12.1. The van der Waals surface area contributed by atoms with E-state index >= 15 is 0 Å². The predicted octanol–water partition coefficient (Wildman–Crippen LogP) is 0.182. The molecule has 1 aliphatic rings. The number of hydrogen-bond donors (Lipinski definition) is 2. The molecular formula is C11H20N2O3. The molecule has 0 aromatic rings. The van der Waals surface area contributed by atoms with Crippen LogP contribution in [0, 0.1) is 5.92 Å². The highest BCUT2D eigenvalue weighted by Crippen LogP contribution is 2.13. The topological polar surface area (TPSA) is 81.4 Å². The first-order valence-corrected chi connectivity index (χ1v) is 5.77. The van der Waals surface area contributed by atoms with Crippen LogP contribution in [0.25, 0.3) is 0 Å². The van der Waals surface area contributed by atoms with Crippen molar-refractivity contribution in [2.24, 2.45) is 11.7 Å². The van der Waals surface area contributed by atoms with Crippen LogP contribution in [0.4, 0.5) is 0 Å². The maximum absolute atomic E-state index is 11.7. The Balaban J connectivity index is 2.53. The van der Waals surface area contributed by atoms with Gasteiger partial charge in [-0.3, -0.25) is 9.59 Å². The maximum Gasteiger partial charge on any atom is 0.249 e. The summed E-state index contributed by atoms with van der Waals surface area (Å²) in [6, 6.07) is -0.596. The number of nitrogens with two attached hydrogens (primary N) is 1. The van der Waals surface area contributed by atoms with Crippen LogP contribution in [-0.2, 0) is 14.3 Å². The number of ether oxygens (including phenoxy) is 1. The SMILES string of the molecule is CC[C@@H](C)[C@@H](NC(=O)[C@@H]1CCCO1)C(N)=O. The van der Waals surface area contributed by atoms with Gasteiger partial charge in [-0.15, -0.1) is 0 Å². The average Bonchev–Trinajstić information content (AvgIpc) is 2.77. The van der Waals surface area contributed by atoms with Crippen LogP contribution in [0.2, 0.25) is 0 Å². The van der Waals surface area contributed by atoms with E-state index in [1.54, 1.807) is 0 Å². The van der Waals surface area contributed by atoms with Gasteiger partial charge in [0.2, 0.25) is 11.8 Å². The van der Waals surface area contributed by atoms with Gasteiger partial charge < -0.3 is 15.8 Å². The van der Waals surface area contributed by atoms with E-state index in [9.17, 15) is 9.59 Å². The number of primary amides is 1. The molecule has 92 valence electrons. The number of hydrogen-bond acceptors (Lipinski definition) is 3. The smallest absolute Gasteiger partial charge is 0.249 e. The molecule has 0 saturated carbocycles. The molecule has 2 amide bonds. The van der Waals surface area contributed by atoms with Crippen LogP contribution in [0.3, 0.4) is 0 Å². The fourth-order valence-electron chi connectivity index (χ4n) is 1.76. The first-order chi connectivity index (χ1) is 7.56. The Morgan fingerprint density at radius 2 is 2.25 bits per heavy atom. The highest BCUT2D eigenvalue weighted by molar-refractivity contribution is 5.88. The van der Waals surface area contributed by atoms with Crippen LogP contribution < -0.4 is 11.1 Å². The lowest BCUT2D eigenvalue weighted by atomic mass is 9.98. The van der Waals surface area contributed by atoms with E-state index in [2.05, 4.69) is 5.32 Å². The highest BCUT2D eigenvalue weighted by Gasteiger charge is 2.29. The van der Waals surface area contributed by atoms with Gasteiger partial charge in [-0.2, -0.15) is 0 Å². The number of amides is 2. The molecule has 3 N–H and O–H groups in total. The second-order valence-corrected chi connectivity index (χ2v) is 4.28. The number of carbonyl (C=O) groups excluding carboxylic acids is 2. The van der Waals surface area contributed by atoms with Crippen molar-refractivity contribution in [3.63, 3.8) is 0 Å². The molecule has 1 saturated heterocycles. The Morgan fingerprint density at radius 3 is 2.69 bits per heavy atom. The van der Waals surface area contributed by atoms with Crippen molar-refractivity contribution in [3.05, 3.63) is 0 Å². The number of rotatable bonds is 5. The molecule has 0 unspecified atom stereocenters. The summed E-state index contributed by atoms with van der Waals surface area (Å²) in [6.45, 7) is 4.46. The van der Waals surface area contributed by atoms with Crippen LogP contribution in [0.15, 0.2) is 0 Å². The van der Waals surface area contributed by atoms with Crippen LogP contribution >= 0.6 is 0 Å². The largest absolute Gasteiger partial charge is 0.368 e. The van der Waals surface area contributed by atoms with Gasteiger partial charge in [-0.1, -0.05) is 20.3 Å². The Labute approximate surface area is 95.7 Å². The predicted molar refractivity (Wildman–Crippen MR) is 59.6 cm³/mol. The first-order valence-electron chi connectivity index (χ1n) is 5.77. The summed E-state index contributed by atoms with van der Waals surface area (Å²) >= 11 is 0. The Hall–Kier alpha value is -1.10. The van der Waals surface area contributed by atoms with Crippen molar-refractivity contribution in [1.82, 2.24) is 5.32 Å². The first kappa shape index (κ1) is 13.0. The summed E-state index contributed by atoms with van der Waals surface area (Å²) in [5.74, 6) is -0.662. The minimum absolute atomic E-state index is 0.0443. The van der Waals surface area contributed by atoms with Crippen LogP contribution in [0.1, 0.15) is 33.1 Å². The molecule has 0 aromatic carbocycles. The van der Waals surface area contributed by atoms with E-state index in [1.807, 2.05) is 13.8 Å². The van der Waals surface area contributed by atoms with Gasteiger partial charge in [-0.05, 0) is 18.8 Å². The quantitative estimate of drug-likeness (QED) is 0.704. The van der Waals surface area contributed by atoms with Crippen molar-refractivity contribution in [1.29, 1.82) is 0 Å². The maximum atomic E-state index is 11.7. The van der Waals surface area contributed by atoms with E-state index in [-0.39, 0.29) is 11.8 Å². The molecule has 0 spiro atoms. The second-order valence-electron chi connectivity index (χ2n) is 4.28. The van der Waals surface area contributed by atoms with Gasteiger partial charge in [0.25, 0.3) is 0 Å². The third kappa shape index (κ3) is 3.20. The molecule has 5 heteroatoms. The van der Waals surface area contributed by atoms with Crippen molar-refractivity contribution >= 4 is 11.8 Å². The molecule has 5 nitrogen and oxygen atoms in total. The molecule has 1 fully saturated rings. The fraction of sp³-hybridized carbons (Fsp3) is 0.818. The lowest BCUT2D eigenvalue weighted by Crippen LogP contribution is -2.51. The van der Waals surface area contributed by atoms with Crippen LogP contribution in [-0.4, -0.2) is 30.6 Å². The lowest BCUT2D eigenvalue weighted by Gasteiger charge is -2.22. The van der Waals surface area contributed by atoms with Gasteiger partial charge in [-0.25, -0.2) is 0 Å². The van der Waals surface area contributed by atoms with E-state index < -0.39 is 18.1 Å². The Morgan fingerprint density at radius 1 is 1.56 bits per heavy atom. The van der Waals surface area contributed by atoms with Crippen LogP contribution in [0.5, 0.6) is 0 Å². The molecule has 1 heterocycles. The van der Waals surface area contributed by atoms with Crippen molar-refractivity contribution in [3.8, 4) is 0 Å². The molecular weight excluding hydrogens is 208 g/mol. The van der Waals surface area contributed by atoms with Crippen molar-refractivity contribution in [2.75, 3.05) is 6.61 Å². The van der Waals surface area contributed by atoms with Crippen molar-refractivity contribution in [2.45, 2.75) is 45.3 Å². The molecule has 0 radical (unpaired) electrons. The zero-order valence-electron chi connectivity index (χ0n) is 9.86. The van der Waals surface area contributed by atoms with Gasteiger partial charge in [0, 0.05) is 6.61 Å². The van der Waals surface area contributed by atoms with E-state index in [1.165, 1.54) is 0 Å². The van der Waals surface area contributed by atoms with Gasteiger partial charge in [0.1, 0.15) is 12.1 Å². The monoisotopic (exact) mass is 228 g/mol. The standard InChI is InChI=1S/C11H20N2O3/c1-3-7(2)9(10(12)14)13-11(15)8-5-4-6-16-8/h7-9H,3-6H2,1-2H3,(H2,12,14)(H,13,15)/t7-,8+,9-/m1/s1. The fourth-order valence-corrected chi connectivity index (χ4v) is 1.76. The summed E-state index contributed by atoms with van der Waals surface area (Å²) in [6.07, 6.45) is 1.99. The molecule has 16 heavy (non-hydrogen) atoms. The molecule has 0 bridgehead atoms. The average molecular weight is 228 g/mol. The summed E-state index contributed by atoms with van der Waals surface area (Å²) in [7, 11) is 0. The van der Waals surface area contributed by atoms with Crippen molar-refractivity contribution < 1.29 is 14.3 Å². The van der Waals surface area contributed by atoms with Gasteiger partial charge in [0.15, 0.2) is 0 Å². The summed E-state index contributed by atoms with van der Waals surface area (Å²) in [4.78, 5) is 23.0. The summed E-state index contributed by atoms with van der Waals surface area (Å²) < 4.78 is 5.24. The minimum Gasteiger partial charge on any atom is -0.368 e. The number of carbonyl (C=O) groups is 2. The lowest BCUT2D eigenvalue weighted by molar-refractivity contribution is -0.134. The van der Waals surface area contributed by atoms with Gasteiger partial charge in [0.05, 0.1) is 0 Å². The van der Waals surface area contributed by atoms with E-state index in [0.717, 1.165) is 19.3 Å². The minimum atomic E-state index is -0.596. The highest BCUT2D eigenvalue weighted by atomic mass is 16.5. The molecule has 1 aliphatic heterocycles. The molecule has 3 atom stereocenters. The molecule has 0 aliphatic carbocycles. The third-order valence-corrected chi connectivity index (χ3v) is 3.04. The zero-order valence-corrected chi connectivity index (χ0v) is 9.86. The number of nitrogens with one attached hydrogen (secondary N) is 1. The van der Waals surface area contributed by atoms with E-state index in [4.69, 9.17) is 10.5 Å². The summed E-state index contributed by atoms with van der Waals surface area (Å²) in [5.41, 5.74) is 5.27. The molecule has 0 aromatic heterocycles. The Kier molecular flexibility index (Phi) is 4.73. The Bertz CT molecular complexity index is 262. The molecule has 1 rings (SSSR count).